The molecule has 0 unspecified atom stereocenters. The summed E-state index contributed by atoms with van der Waals surface area (Å²) in [5, 5.41) is 0. The summed E-state index contributed by atoms with van der Waals surface area (Å²) < 4.78 is 6.12. The highest BCUT2D eigenvalue weighted by atomic mass is 16.5. The summed E-state index contributed by atoms with van der Waals surface area (Å²) in [5.74, 6) is 3.07. The van der Waals surface area contributed by atoms with Crippen molar-refractivity contribution in [3.8, 4) is 5.75 Å². The molecule has 1 aromatic carbocycles. The second kappa shape index (κ2) is 10.1. The number of fused-ring (bicyclic) bond motifs is 3. The first-order valence-corrected chi connectivity index (χ1v) is 13.3. The molecule has 4 fully saturated rings. The van der Waals surface area contributed by atoms with Crippen molar-refractivity contribution in [1.82, 2.24) is 0 Å². The van der Waals surface area contributed by atoms with Gasteiger partial charge >= 0.3 is 0 Å². The van der Waals surface area contributed by atoms with Crippen LogP contribution in [0.2, 0.25) is 0 Å². The number of unbranched alkanes of at least 4 members (excludes halogenated alkanes) is 2. The van der Waals surface area contributed by atoms with Gasteiger partial charge in [0.15, 0.2) is 0 Å². The normalized spacial score (nSPS) is 33.5. The van der Waals surface area contributed by atoms with Gasteiger partial charge in [-0.3, -0.25) is 0 Å². The molecular formula is C29H46O. The second-order valence-electron chi connectivity index (χ2n) is 11.5. The van der Waals surface area contributed by atoms with E-state index in [1.54, 1.807) is 5.56 Å². The van der Waals surface area contributed by atoms with E-state index in [0.29, 0.717) is 10.8 Å². The van der Waals surface area contributed by atoms with Crippen LogP contribution in [0.15, 0.2) is 24.3 Å². The molecule has 0 spiro atoms. The van der Waals surface area contributed by atoms with Crippen molar-refractivity contribution in [2.75, 3.05) is 6.61 Å². The van der Waals surface area contributed by atoms with Crippen LogP contribution < -0.4 is 4.74 Å². The Morgan fingerprint density at radius 1 is 0.767 bits per heavy atom. The van der Waals surface area contributed by atoms with E-state index >= 15 is 0 Å². The third kappa shape index (κ3) is 5.43. The van der Waals surface area contributed by atoms with Crippen molar-refractivity contribution in [3.05, 3.63) is 29.8 Å². The summed E-state index contributed by atoms with van der Waals surface area (Å²) in [6, 6.07) is 9.24. The van der Waals surface area contributed by atoms with Gasteiger partial charge in [-0.15, -0.1) is 0 Å². The Bertz CT molecular complexity index is 612. The Labute approximate surface area is 186 Å². The van der Waals surface area contributed by atoms with Gasteiger partial charge in [-0.1, -0.05) is 77.3 Å². The molecule has 4 aliphatic rings. The van der Waals surface area contributed by atoms with Gasteiger partial charge in [0.2, 0.25) is 0 Å². The van der Waals surface area contributed by atoms with Crippen molar-refractivity contribution in [1.29, 1.82) is 0 Å². The standard InChI is InChI=1S/C29H46O/c1-3-4-5-7-24-9-11-25(12-10-24)8-6-23-30-27-15-13-26(14-16-27)29-20-17-28(2,18-21-29)19-22-29/h13-16,24-25H,3-12,17-23H2,1-2H3. The summed E-state index contributed by atoms with van der Waals surface area (Å²) in [7, 11) is 0. The van der Waals surface area contributed by atoms with E-state index in [1.165, 1.54) is 103 Å². The number of benzene rings is 1. The third-order valence-corrected chi connectivity index (χ3v) is 9.30. The number of ether oxygens (including phenoxy) is 1. The molecule has 2 bridgehead atoms. The molecule has 5 rings (SSSR count). The van der Waals surface area contributed by atoms with Crippen LogP contribution in [0.4, 0.5) is 0 Å². The first-order valence-electron chi connectivity index (χ1n) is 13.3. The van der Waals surface area contributed by atoms with E-state index in [9.17, 15) is 0 Å². The maximum absolute atomic E-state index is 6.12. The predicted octanol–water partition coefficient (Wildman–Crippen LogP) is 8.84. The van der Waals surface area contributed by atoms with Crippen molar-refractivity contribution in [2.24, 2.45) is 17.3 Å². The highest BCUT2D eigenvalue weighted by molar-refractivity contribution is 5.34. The molecule has 4 saturated carbocycles. The Kier molecular flexibility index (Phi) is 7.48. The minimum atomic E-state index is 0.478. The van der Waals surface area contributed by atoms with E-state index in [0.717, 1.165) is 24.2 Å². The molecule has 168 valence electrons. The van der Waals surface area contributed by atoms with Crippen LogP contribution in [0.25, 0.3) is 0 Å². The largest absolute Gasteiger partial charge is 0.494 e. The maximum Gasteiger partial charge on any atom is 0.119 e. The van der Waals surface area contributed by atoms with Gasteiger partial charge in [0, 0.05) is 0 Å². The molecule has 1 heteroatoms. The SMILES string of the molecule is CCCCCC1CCC(CCCOc2ccc(C34CCC(C)(CC3)CC4)cc2)CC1. The lowest BCUT2D eigenvalue weighted by Crippen LogP contribution is -2.42. The van der Waals surface area contributed by atoms with Gasteiger partial charge in [-0.05, 0) is 91.7 Å². The molecule has 0 saturated heterocycles. The predicted molar refractivity (Wildman–Crippen MR) is 128 cm³/mol. The second-order valence-corrected chi connectivity index (χ2v) is 11.5. The number of rotatable bonds is 10. The molecule has 0 radical (unpaired) electrons. The molecule has 4 aliphatic carbocycles. The molecule has 30 heavy (non-hydrogen) atoms. The molecular weight excluding hydrogens is 364 g/mol. The summed E-state index contributed by atoms with van der Waals surface area (Å²) in [6.45, 7) is 5.71. The Hall–Kier alpha value is -0.980. The summed E-state index contributed by atoms with van der Waals surface area (Å²) in [6.07, 6.45) is 22.7. The Morgan fingerprint density at radius 2 is 1.33 bits per heavy atom. The average molecular weight is 411 g/mol. The summed E-state index contributed by atoms with van der Waals surface area (Å²) in [4.78, 5) is 0. The molecule has 1 nitrogen and oxygen atoms in total. The lowest BCUT2D eigenvalue weighted by molar-refractivity contribution is 0.0556. The van der Waals surface area contributed by atoms with Gasteiger partial charge in [0.1, 0.15) is 5.75 Å². The fourth-order valence-electron chi connectivity index (χ4n) is 6.76. The summed E-state index contributed by atoms with van der Waals surface area (Å²) in [5.41, 5.74) is 2.71. The Morgan fingerprint density at radius 3 is 1.90 bits per heavy atom. The fourth-order valence-corrected chi connectivity index (χ4v) is 6.76. The minimum absolute atomic E-state index is 0.478. The maximum atomic E-state index is 6.12. The number of hydrogen-bond acceptors (Lipinski definition) is 1. The van der Waals surface area contributed by atoms with Crippen LogP contribution in [0.5, 0.6) is 5.75 Å². The molecule has 0 N–H and O–H groups in total. The van der Waals surface area contributed by atoms with Gasteiger partial charge in [-0.25, -0.2) is 0 Å². The van der Waals surface area contributed by atoms with Crippen molar-refractivity contribution < 1.29 is 4.74 Å². The zero-order valence-corrected chi connectivity index (χ0v) is 19.9. The quantitative estimate of drug-likeness (QED) is 0.350. The van der Waals surface area contributed by atoms with Gasteiger partial charge in [-0.2, -0.15) is 0 Å². The van der Waals surface area contributed by atoms with E-state index in [4.69, 9.17) is 4.74 Å². The van der Waals surface area contributed by atoms with Crippen molar-refractivity contribution in [2.45, 2.75) is 122 Å². The lowest BCUT2D eigenvalue weighted by atomic mass is 9.52. The van der Waals surface area contributed by atoms with Gasteiger partial charge in [0.05, 0.1) is 6.61 Å². The molecule has 1 aromatic rings. The lowest BCUT2D eigenvalue weighted by Gasteiger charge is -2.52. The zero-order valence-electron chi connectivity index (χ0n) is 19.9. The van der Waals surface area contributed by atoms with Gasteiger partial charge in [0.25, 0.3) is 0 Å². The Balaban J connectivity index is 1.14. The molecule has 0 aliphatic heterocycles. The molecule has 0 aromatic heterocycles. The molecule has 0 heterocycles. The molecule has 0 atom stereocenters. The number of hydrogen-bond donors (Lipinski definition) is 0. The van der Waals surface area contributed by atoms with Gasteiger partial charge < -0.3 is 4.74 Å². The monoisotopic (exact) mass is 410 g/mol. The highest BCUT2D eigenvalue weighted by Gasteiger charge is 2.46. The van der Waals surface area contributed by atoms with Crippen molar-refractivity contribution in [3.63, 3.8) is 0 Å². The first-order chi connectivity index (χ1) is 14.6. The van der Waals surface area contributed by atoms with Crippen LogP contribution >= 0.6 is 0 Å². The topological polar surface area (TPSA) is 9.23 Å². The van der Waals surface area contributed by atoms with Crippen LogP contribution in [0.3, 0.4) is 0 Å². The minimum Gasteiger partial charge on any atom is -0.494 e. The fraction of sp³-hybridized carbons (Fsp3) is 0.793. The zero-order chi connectivity index (χ0) is 20.9. The highest BCUT2D eigenvalue weighted by Crippen LogP contribution is 2.57. The van der Waals surface area contributed by atoms with Crippen LogP contribution in [0, 0.1) is 17.3 Å². The van der Waals surface area contributed by atoms with E-state index in [1.807, 2.05) is 0 Å². The average Bonchev–Trinajstić information content (AvgIpc) is 2.79. The van der Waals surface area contributed by atoms with Crippen LogP contribution in [-0.4, -0.2) is 6.61 Å². The summed E-state index contributed by atoms with van der Waals surface area (Å²) >= 11 is 0. The van der Waals surface area contributed by atoms with E-state index in [2.05, 4.69) is 38.1 Å². The van der Waals surface area contributed by atoms with Crippen molar-refractivity contribution >= 4 is 0 Å². The van der Waals surface area contributed by atoms with E-state index in [-0.39, 0.29) is 0 Å². The molecule has 0 amide bonds. The van der Waals surface area contributed by atoms with E-state index < -0.39 is 0 Å². The van der Waals surface area contributed by atoms with Crippen LogP contribution in [-0.2, 0) is 5.41 Å². The van der Waals surface area contributed by atoms with Crippen LogP contribution in [0.1, 0.15) is 122 Å². The third-order valence-electron chi connectivity index (χ3n) is 9.30. The smallest absolute Gasteiger partial charge is 0.119 e. The first kappa shape index (κ1) is 22.2.